The zero-order valence-corrected chi connectivity index (χ0v) is 9.39. The van der Waals surface area contributed by atoms with E-state index in [0.29, 0.717) is 0 Å². The zero-order valence-electron chi connectivity index (χ0n) is 9.39. The molecule has 1 radical (unpaired) electrons. The Balaban J connectivity index is 2.11. The van der Waals surface area contributed by atoms with Gasteiger partial charge >= 0.3 is 0 Å². The summed E-state index contributed by atoms with van der Waals surface area (Å²) in [5.41, 5.74) is 0. The summed E-state index contributed by atoms with van der Waals surface area (Å²) in [6.07, 6.45) is 14.0. The number of hydrogen-bond acceptors (Lipinski definition) is 0. The molecule has 1 saturated carbocycles. The van der Waals surface area contributed by atoms with Crippen molar-refractivity contribution in [2.24, 2.45) is 11.8 Å². The predicted molar refractivity (Wildman–Crippen MR) is 59.6 cm³/mol. The van der Waals surface area contributed by atoms with Gasteiger partial charge in [0.05, 0.1) is 0 Å². The van der Waals surface area contributed by atoms with Crippen LogP contribution in [0.4, 0.5) is 0 Å². The molecular formula is C13H25. The van der Waals surface area contributed by atoms with E-state index < -0.39 is 0 Å². The number of hydrogen-bond donors (Lipinski definition) is 0. The van der Waals surface area contributed by atoms with Crippen LogP contribution in [0, 0.1) is 18.3 Å². The second-order valence-electron chi connectivity index (χ2n) is 4.65. The van der Waals surface area contributed by atoms with Gasteiger partial charge in [-0.2, -0.15) is 0 Å². The fourth-order valence-electron chi connectivity index (χ4n) is 2.65. The molecule has 0 aromatic rings. The van der Waals surface area contributed by atoms with Crippen molar-refractivity contribution in [2.45, 2.75) is 65.2 Å². The summed E-state index contributed by atoms with van der Waals surface area (Å²) >= 11 is 0. The highest BCUT2D eigenvalue weighted by Gasteiger charge is 2.19. The molecule has 0 aliphatic heterocycles. The van der Waals surface area contributed by atoms with Gasteiger partial charge in [-0.1, -0.05) is 58.8 Å². The first-order valence-electron chi connectivity index (χ1n) is 6.14. The van der Waals surface area contributed by atoms with Crippen LogP contribution in [-0.2, 0) is 0 Å². The van der Waals surface area contributed by atoms with Gasteiger partial charge in [-0.15, -0.1) is 0 Å². The molecule has 0 heterocycles. The molecule has 0 aromatic heterocycles. The summed E-state index contributed by atoms with van der Waals surface area (Å²) in [4.78, 5) is 0. The van der Waals surface area contributed by atoms with Crippen LogP contribution < -0.4 is 0 Å². The van der Waals surface area contributed by atoms with E-state index in [2.05, 4.69) is 20.3 Å². The van der Waals surface area contributed by atoms with Crippen molar-refractivity contribution >= 4 is 0 Å². The van der Waals surface area contributed by atoms with Gasteiger partial charge in [0.25, 0.3) is 0 Å². The molecule has 0 bridgehead atoms. The molecule has 2 atom stereocenters. The minimum Gasteiger partial charge on any atom is -0.0651 e. The van der Waals surface area contributed by atoms with Crippen LogP contribution in [0.25, 0.3) is 0 Å². The molecule has 0 aromatic carbocycles. The first kappa shape index (κ1) is 11.1. The lowest BCUT2D eigenvalue weighted by atomic mass is 9.78. The fraction of sp³-hybridized carbons (Fsp3) is 0.923. The van der Waals surface area contributed by atoms with Crippen LogP contribution >= 0.6 is 0 Å². The number of unbranched alkanes of at least 4 members (excludes halogenated alkanes) is 2. The van der Waals surface area contributed by atoms with Crippen molar-refractivity contribution in [3.8, 4) is 0 Å². The van der Waals surface area contributed by atoms with Gasteiger partial charge in [0.2, 0.25) is 0 Å². The zero-order chi connectivity index (χ0) is 9.52. The third-order valence-electron chi connectivity index (χ3n) is 3.57. The standard InChI is InChI=1S/C13H25/c1-3-5-6-8-13-10-7-9-12(4-2)11-13/h3,12-13H,4-11H2,1-2H3. The largest absolute Gasteiger partial charge is 0.0651 e. The molecular weight excluding hydrogens is 156 g/mol. The molecule has 2 unspecified atom stereocenters. The fourth-order valence-corrected chi connectivity index (χ4v) is 2.65. The number of rotatable bonds is 5. The average molecular weight is 181 g/mol. The highest BCUT2D eigenvalue weighted by atomic mass is 14.3. The Bertz CT molecular complexity index is 117. The highest BCUT2D eigenvalue weighted by Crippen LogP contribution is 2.33. The van der Waals surface area contributed by atoms with Gasteiger partial charge in [-0.3, -0.25) is 0 Å². The van der Waals surface area contributed by atoms with Crippen LogP contribution in [0.2, 0.25) is 0 Å². The Labute approximate surface area is 84.1 Å². The normalized spacial score (nSPS) is 29.1. The van der Waals surface area contributed by atoms with E-state index in [-0.39, 0.29) is 0 Å². The Kier molecular flexibility index (Phi) is 5.50. The summed E-state index contributed by atoms with van der Waals surface area (Å²) in [5, 5.41) is 0. The minimum atomic E-state index is 1.06. The minimum absolute atomic E-state index is 1.06. The smallest absolute Gasteiger partial charge is 0.0412 e. The van der Waals surface area contributed by atoms with E-state index in [1.54, 1.807) is 0 Å². The summed E-state index contributed by atoms with van der Waals surface area (Å²) in [6.45, 7) is 4.53. The molecule has 0 saturated heterocycles. The molecule has 1 aliphatic carbocycles. The average Bonchev–Trinajstić information content (AvgIpc) is 2.19. The van der Waals surface area contributed by atoms with Gasteiger partial charge in [-0.05, 0) is 24.7 Å². The molecule has 1 fully saturated rings. The van der Waals surface area contributed by atoms with E-state index in [1.807, 2.05) is 0 Å². The third-order valence-corrected chi connectivity index (χ3v) is 3.57. The molecule has 0 spiro atoms. The molecule has 77 valence electrons. The van der Waals surface area contributed by atoms with Crippen LogP contribution in [-0.4, -0.2) is 0 Å². The topological polar surface area (TPSA) is 0 Å². The Morgan fingerprint density at radius 1 is 1.23 bits per heavy atom. The van der Waals surface area contributed by atoms with Crippen LogP contribution in [0.5, 0.6) is 0 Å². The summed E-state index contributed by atoms with van der Waals surface area (Å²) in [5.74, 6) is 2.13. The molecule has 0 nitrogen and oxygen atoms in total. The van der Waals surface area contributed by atoms with Crippen molar-refractivity contribution in [1.82, 2.24) is 0 Å². The van der Waals surface area contributed by atoms with E-state index in [9.17, 15) is 0 Å². The summed E-state index contributed by atoms with van der Waals surface area (Å²) in [6, 6.07) is 0. The third kappa shape index (κ3) is 4.15. The van der Waals surface area contributed by atoms with Crippen LogP contribution in [0.15, 0.2) is 0 Å². The molecule has 0 heteroatoms. The maximum Gasteiger partial charge on any atom is -0.0412 e. The van der Waals surface area contributed by atoms with Gasteiger partial charge < -0.3 is 0 Å². The quantitative estimate of drug-likeness (QED) is 0.544. The maximum atomic E-state index is 2.35. The van der Waals surface area contributed by atoms with Crippen molar-refractivity contribution in [1.29, 1.82) is 0 Å². The van der Waals surface area contributed by atoms with Crippen molar-refractivity contribution in [2.75, 3.05) is 0 Å². The molecule has 1 rings (SSSR count). The van der Waals surface area contributed by atoms with Gasteiger partial charge in [0, 0.05) is 0 Å². The van der Waals surface area contributed by atoms with E-state index >= 15 is 0 Å². The van der Waals surface area contributed by atoms with E-state index in [0.717, 1.165) is 11.8 Å². The summed E-state index contributed by atoms with van der Waals surface area (Å²) in [7, 11) is 0. The Morgan fingerprint density at radius 3 is 2.69 bits per heavy atom. The second-order valence-corrected chi connectivity index (χ2v) is 4.65. The Morgan fingerprint density at radius 2 is 2.00 bits per heavy atom. The van der Waals surface area contributed by atoms with Crippen LogP contribution in [0.3, 0.4) is 0 Å². The summed E-state index contributed by atoms with van der Waals surface area (Å²) < 4.78 is 0. The Hall–Kier alpha value is 0. The molecule has 0 amide bonds. The monoisotopic (exact) mass is 181 g/mol. The lowest BCUT2D eigenvalue weighted by molar-refractivity contribution is 0.246. The van der Waals surface area contributed by atoms with Crippen molar-refractivity contribution in [3.63, 3.8) is 0 Å². The lowest BCUT2D eigenvalue weighted by Crippen LogP contribution is -2.14. The van der Waals surface area contributed by atoms with Crippen molar-refractivity contribution in [3.05, 3.63) is 6.42 Å². The van der Waals surface area contributed by atoms with Gasteiger partial charge in [-0.25, -0.2) is 0 Å². The first-order chi connectivity index (χ1) is 6.36. The second kappa shape index (κ2) is 6.45. The SMILES string of the molecule is C[CH]CCCC1CCCC(CC)C1. The van der Waals surface area contributed by atoms with Crippen LogP contribution in [0.1, 0.15) is 65.2 Å². The molecule has 0 N–H and O–H groups in total. The predicted octanol–water partition coefficient (Wildman–Crippen LogP) is 4.60. The van der Waals surface area contributed by atoms with E-state index in [4.69, 9.17) is 0 Å². The van der Waals surface area contributed by atoms with Gasteiger partial charge in [0.1, 0.15) is 0 Å². The maximum absolute atomic E-state index is 2.35. The molecule has 1 aliphatic rings. The first-order valence-corrected chi connectivity index (χ1v) is 6.14. The van der Waals surface area contributed by atoms with Gasteiger partial charge in [0.15, 0.2) is 0 Å². The lowest BCUT2D eigenvalue weighted by Gasteiger charge is -2.28. The molecule has 13 heavy (non-hydrogen) atoms. The van der Waals surface area contributed by atoms with Crippen molar-refractivity contribution < 1.29 is 0 Å². The highest BCUT2D eigenvalue weighted by molar-refractivity contribution is 4.73. The van der Waals surface area contributed by atoms with E-state index in [1.165, 1.54) is 51.4 Å².